The van der Waals surface area contributed by atoms with Crippen LogP contribution in [0.5, 0.6) is 0 Å². The van der Waals surface area contributed by atoms with Gasteiger partial charge in [0.1, 0.15) is 49.8 Å². The molecule has 2 aliphatic heterocycles. The summed E-state index contributed by atoms with van der Waals surface area (Å²) in [6, 6.07) is 6.71. The predicted octanol–water partition coefficient (Wildman–Crippen LogP) is 16.1. The van der Waals surface area contributed by atoms with E-state index in [1.807, 2.05) is 0 Å². The molecule has 1 aromatic rings. The van der Waals surface area contributed by atoms with E-state index in [9.17, 15) is 79.9 Å². The predicted molar refractivity (Wildman–Crippen MR) is 556 cm³/mol. The summed E-state index contributed by atoms with van der Waals surface area (Å²) in [4.78, 5) is 89.0. The number of ether oxygens (including phenoxy) is 10. The Hall–Kier alpha value is 3.88. The van der Waals surface area contributed by atoms with Gasteiger partial charge in [-0.15, -0.1) is 0 Å². The van der Waals surface area contributed by atoms with E-state index in [0.717, 1.165) is 87.0 Å². The molecule has 0 aromatic heterocycles. The van der Waals surface area contributed by atoms with Crippen molar-refractivity contribution >= 4 is 211 Å². The molecule has 12 atom stereocenters. The van der Waals surface area contributed by atoms with Gasteiger partial charge >= 0.3 is 214 Å². The van der Waals surface area contributed by atoms with E-state index in [-0.39, 0.29) is 111 Å². The minimum atomic E-state index is -5.03. The first-order valence-electron chi connectivity index (χ1n) is 55.1. The topological polar surface area (TPSA) is 445 Å². The second-order valence-electron chi connectivity index (χ2n) is 37.5. The first-order chi connectivity index (χ1) is 67.1. The standard InChI is InChI=1S/C55H94INO14S.C48H91NO13S.5K.H/c1-3-5-7-9-11-13-15-17-19-21-23-25-27-29-31-33-48(58)67-41-46(69-49(59)34-32-30-28-26-24-22-20-18-16-14-12-10-8-6-4-2)42-68-55-52(62)51(61)53(47(70-55)43-72(64,65)66)71-50(60)39-40-57-54(63)44-35-37-45(56)38-36-44;1-3-5-7-9-11-13-15-17-19-21-23-25-27-29-31-33-42(50)58-37-40(60-43(51)34-32-30-28-26-24-22-20-18-16-14-12-10-8-6-4-2)38-59-48-46(54)45(53)47(62-44(52)35-36-49)41(61-48)39-63(55,56)57;;;;;;/h35-38,46-47,51-53,55,61-62H,3-34,39-43H2,1-2H3,(H,57,63)(H,64,65,66);40-41,45-48,53-54H,3-39,49H2,1-2H3,(H,55,56,57);;;;;;/q;;;;;;+1;-1/p-2. The summed E-state index contributed by atoms with van der Waals surface area (Å²) in [6.45, 7) is 7.04. The molecule has 1 amide bonds. The Bertz CT molecular complexity index is 3390. The number of amides is 1. The van der Waals surface area contributed by atoms with Crippen LogP contribution in [-0.2, 0) is 96.4 Å². The number of nitrogens with two attached hydrogens (primary N) is 1. The molecule has 29 nitrogen and oxygen atoms in total. The molecule has 3 rings (SSSR count). The maximum absolute atomic E-state index is 13.1. The number of esters is 6. The van der Waals surface area contributed by atoms with Gasteiger partial charge in [0, 0.05) is 47.9 Å². The van der Waals surface area contributed by atoms with Crippen molar-refractivity contribution in [1.82, 2.24) is 5.32 Å². The summed E-state index contributed by atoms with van der Waals surface area (Å²) in [5.41, 5.74) is 5.74. The van der Waals surface area contributed by atoms with E-state index in [1.165, 1.54) is 402 Å². The molecule has 140 heavy (non-hydrogen) atoms. The van der Waals surface area contributed by atoms with Crippen LogP contribution in [0.3, 0.4) is 0 Å². The first kappa shape index (κ1) is 146. The number of nitrogens with one attached hydrogen (secondary N) is 1. The third-order valence-electron chi connectivity index (χ3n) is 24.9. The van der Waals surface area contributed by atoms with Gasteiger partial charge in [0.15, 0.2) is 37.0 Å². The van der Waals surface area contributed by atoms with Crippen LogP contribution in [-0.4, -0.2) is 339 Å². The SMILES string of the molecule is CCCCCCCCCCCCCCCCCC(=O)OCC(COC1OC(CS(=O)(=O)[O-])C(OC(=O)CCN)C(O)C1O)OC(=O)CCCCCCCCCCCCCCCCC.CCCCCCCCCCCCCCCCCC(=O)OCC(COC1OC(CS(=O)(=O)[O-])C(OC(=O)CCNC(=O)c2ccc(I)cc2)C(O)C1O)OC(=O)CCCCCCCCCCCCCCCCC.[H-].[K+].[K][K].[K][K]. The Morgan fingerprint density at radius 2 is 0.600 bits per heavy atom. The number of carbonyl (C=O) groups is 7. The maximum atomic E-state index is 13.1. The van der Waals surface area contributed by atoms with Gasteiger partial charge < -0.3 is 89.4 Å². The average Bonchev–Trinajstić information content (AvgIpc) is 0.800. The van der Waals surface area contributed by atoms with Crippen LogP contribution in [0.2, 0.25) is 0 Å². The second kappa shape index (κ2) is 102. The minimum absolute atomic E-state index is 0. The Labute approximate surface area is 994 Å². The molecule has 0 saturated carbocycles. The van der Waals surface area contributed by atoms with E-state index in [4.69, 9.17) is 53.1 Å². The van der Waals surface area contributed by atoms with Gasteiger partial charge in [-0.2, -0.15) is 0 Å². The Balaban J connectivity index is -0.00000259. The van der Waals surface area contributed by atoms with Crippen molar-refractivity contribution in [1.29, 1.82) is 0 Å². The van der Waals surface area contributed by atoms with Crippen molar-refractivity contribution in [2.24, 2.45) is 5.73 Å². The molecule has 2 fully saturated rings. The van der Waals surface area contributed by atoms with Crippen LogP contribution in [0.25, 0.3) is 0 Å². The molecule has 1 aromatic carbocycles. The second-order valence-corrected chi connectivity index (χ2v) is 41.7. The zero-order chi connectivity index (χ0) is 103. The first-order valence-corrected chi connectivity index (χ1v) is 91.3. The van der Waals surface area contributed by atoms with Gasteiger partial charge in [-0.25, -0.2) is 16.8 Å². The Morgan fingerprint density at radius 3 is 0.843 bits per heavy atom. The molecule has 2 heterocycles. The third kappa shape index (κ3) is 86.1. The number of carbonyl (C=O) groups excluding carboxylic acids is 7. The summed E-state index contributed by atoms with van der Waals surface area (Å²) in [5.74, 6) is -6.75. The van der Waals surface area contributed by atoms with Crippen LogP contribution < -0.4 is 62.4 Å². The number of hydrogen-bond acceptors (Lipinski definition) is 28. The van der Waals surface area contributed by atoms with Gasteiger partial charge in [0.05, 0.1) is 57.8 Å². The fraction of sp³-hybridized carbons (Fsp3) is 0.874. The van der Waals surface area contributed by atoms with Crippen molar-refractivity contribution in [3.05, 3.63) is 33.4 Å². The summed E-state index contributed by atoms with van der Waals surface area (Å²) in [7, 11) is -9.98. The number of halogens is 1. The van der Waals surface area contributed by atoms with E-state index in [1.54, 1.807) is 24.3 Å². The Morgan fingerprint density at radius 1 is 0.364 bits per heavy atom. The van der Waals surface area contributed by atoms with Crippen molar-refractivity contribution < 1.29 is 180 Å². The van der Waals surface area contributed by atoms with Gasteiger partial charge in [-0.3, -0.25) is 33.6 Å². The van der Waals surface area contributed by atoms with E-state index < -0.39 is 167 Å². The molecule has 37 heteroatoms. The van der Waals surface area contributed by atoms with Crippen LogP contribution in [0.4, 0.5) is 0 Å². The molecule has 12 unspecified atom stereocenters. The van der Waals surface area contributed by atoms with Gasteiger partial charge in [0.25, 0.3) is 5.91 Å². The molecule has 2 saturated heterocycles. The summed E-state index contributed by atoms with van der Waals surface area (Å²) in [6.07, 6.45) is 51.3. The van der Waals surface area contributed by atoms with Crippen LogP contribution in [0, 0.1) is 3.57 Å². The molecule has 0 bridgehead atoms. The van der Waals surface area contributed by atoms with E-state index in [2.05, 4.69) is 55.6 Å². The Kier molecular flexibility index (Phi) is 106. The quantitative estimate of drug-likeness (QED) is 0.00881. The monoisotopic (exact) mass is 2270 g/mol. The van der Waals surface area contributed by atoms with Crippen molar-refractivity contribution in [2.45, 2.75) is 525 Å². The van der Waals surface area contributed by atoms with E-state index in [0.29, 0.717) is 31.2 Å². The molecular formula is C103H184IK5N2O27S2-2. The fourth-order valence-corrected chi connectivity index (χ4v) is 18.5. The van der Waals surface area contributed by atoms with Gasteiger partial charge in [-0.1, -0.05) is 387 Å². The number of hydrogen-bond donors (Lipinski definition) is 6. The van der Waals surface area contributed by atoms with Crippen molar-refractivity contribution in [2.75, 3.05) is 51.0 Å². The molecular weight excluding hydrogens is 2080 g/mol. The van der Waals surface area contributed by atoms with Crippen LogP contribution in [0.15, 0.2) is 24.3 Å². The molecule has 794 valence electrons. The molecule has 2 aliphatic rings. The van der Waals surface area contributed by atoms with Crippen LogP contribution in [0.1, 0.15) is 463 Å². The number of aliphatic hydroxyl groups excluding tert-OH is 4. The molecule has 7 N–H and O–H groups in total. The summed E-state index contributed by atoms with van der Waals surface area (Å²) in [5, 5.41) is 46.3. The van der Waals surface area contributed by atoms with Crippen molar-refractivity contribution in [3.63, 3.8) is 0 Å². The summed E-state index contributed by atoms with van der Waals surface area (Å²) >= 11 is 7.10. The van der Waals surface area contributed by atoms with Gasteiger partial charge in [0.2, 0.25) is 0 Å². The van der Waals surface area contributed by atoms with Gasteiger partial charge in [-0.05, 0) is 72.5 Å². The normalized spacial score (nSPS) is 18.3. The molecule has 0 radical (unpaired) electrons. The number of rotatable bonds is 88. The average molecular weight is 2270 g/mol. The zero-order valence-corrected chi connectivity index (χ0v) is 108. The fourth-order valence-electron chi connectivity index (χ4n) is 16.8. The van der Waals surface area contributed by atoms with E-state index >= 15 is 0 Å². The number of unbranched alkanes of at least 4 members (excludes halogenated alkanes) is 56. The molecule has 0 spiro atoms. The number of aliphatic hydroxyl groups is 4. The number of benzene rings is 1. The summed E-state index contributed by atoms with van der Waals surface area (Å²) < 4.78 is 127. The van der Waals surface area contributed by atoms with Crippen LogP contribution >= 0.6 is 22.6 Å². The van der Waals surface area contributed by atoms with Crippen molar-refractivity contribution in [3.8, 4) is 0 Å². The zero-order valence-electron chi connectivity index (χ0n) is 89.5. The third-order valence-corrected chi connectivity index (χ3v) is 27.1. The molecule has 0 aliphatic carbocycles.